The summed E-state index contributed by atoms with van der Waals surface area (Å²) in [5, 5.41) is 3.50. The maximum absolute atomic E-state index is 5.51. The Bertz CT molecular complexity index is 427. The lowest BCUT2D eigenvalue weighted by Crippen LogP contribution is -2.35. The number of hydrogen-bond donors (Lipinski definition) is 1. The Morgan fingerprint density at radius 1 is 1.22 bits per heavy atom. The molecular formula is C17H30Cl2N2O2. The Morgan fingerprint density at radius 2 is 1.96 bits per heavy atom. The smallest absolute Gasteiger partial charge is 0.123 e. The number of benzene rings is 1. The molecule has 1 heterocycles. The lowest BCUT2D eigenvalue weighted by Gasteiger charge is -2.27. The lowest BCUT2D eigenvalue weighted by atomic mass is 10.1. The molecule has 1 N–H and O–H groups in total. The normalized spacial score (nSPS) is 14.7. The minimum absolute atomic E-state index is 0. The van der Waals surface area contributed by atoms with Crippen LogP contribution in [0.25, 0.3) is 0 Å². The van der Waals surface area contributed by atoms with E-state index in [0.29, 0.717) is 0 Å². The number of rotatable bonds is 8. The van der Waals surface area contributed by atoms with Gasteiger partial charge >= 0.3 is 0 Å². The van der Waals surface area contributed by atoms with Crippen LogP contribution in [0.3, 0.4) is 0 Å². The fourth-order valence-electron chi connectivity index (χ4n) is 2.60. The molecule has 0 unspecified atom stereocenters. The van der Waals surface area contributed by atoms with Crippen molar-refractivity contribution in [1.82, 2.24) is 10.2 Å². The number of halogens is 2. The first-order chi connectivity index (χ1) is 10.3. The van der Waals surface area contributed by atoms with Crippen LogP contribution in [0.15, 0.2) is 18.2 Å². The summed E-state index contributed by atoms with van der Waals surface area (Å²) in [7, 11) is 1.75. The molecule has 0 aliphatic carbocycles. The number of morpholine rings is 1. The second-order valence-electron chi connectivity index (χ2n) is 5.57. The van der Waals surface area contributed by atoms with Gasteiger partial charge in [0, 0.05) is 31.7 Å². The summed E-state index contributed by atoms with van der Waals surface area (Å²) in [5.74, 6) is 0.985. The fraction of sp³-hybridized carbons (Fsp3) is 0.647. The summed E-state index contributed by atoms with van der Waals surface area (Å²) in [6.45, 7) is 8.84. The van der Waals surface area contributed by atoms with Gasteiger partial charge in [-0.25, -0.2) is 0 Å². The zero-order chi connectivity index (χ0) is 14.9. The number of unbranched alkanes of at least 4 members (excludes halogenated alkanes) is 1. The van der Waals surface area contributed by atoms with Crippen LogP contribution in [0.2, 0.25) is 0 Å². The summed E-state index contributed by atoms with van der Waals surface area (Å²) < 4.78 is 10.9. The Kier molecular flexibility index (Phi) is 12.6. The van der Waals surface area contributed by atoms with Gasteiger partial charge < -0.3 is 14.8 Å². The van der Waals surface area contributed by atoms with Crippen LogP contribution >= 0.6 is 24.8 Å². The maximum atomic E-state index is 5.51. The van der Waals surface area contributed by atoms with Gasteiger partial charge in [-0.3, -0.25) is 4.90 Å². The first kappa shape index (κ1) is 22.5. The van der Waals surface area contributed by atoms with Crippen molar-refractivity contribution in [3.63, 3.8) is 0 Å². The molecule has 1 aliphatic heterocycles. The van der Waals surface area contributed by atoms with Crippen molar-refractivity contribution in [2.24, 2.45) is 0 Å². The van der Waals surface area contributed by atoms with E-state index >= 15 is 0 Å². The molecular weight excluding hydrogens is 335 g/mol. The fourth-order valence-corrected chi connectivity index (χ4v) is 2.60. The van der Waals surface area contributed by atoms with E-state index in [1.165, 1.54) is 24.0 Å². The summed E-state index contributed by atoms with van der Waals surface area (Å²) in [4.78, 5) is 2.43. The van der Waals surface area contributed by atoms with E-state index < -0.39 is 0 Å². The van der Waals surface area contributed by atoms with Gasteiger partial charge in [0.2, 0.25) is 0 Å². The lowest BCUT2D eigenvalue weighted by molar-refractivity contribution is 0.0339. The SMILES string of the molecule is CCCCNCc1ccc(OC)c(CN2CCOCC2)c1.Cl.Cl. The molecule has 1 saturated heterocycles. The average Bonchev–Trinajstić information content (AvgIpc) is 2.53. The van der Waals surface area contributed by atoms with Gasteiger partial charge in [-0.1, -0.05) is 19.4 Å². The molecule has 0 amide bonds. The maximum Gasteiger partial charge on any atom is 0.123 e. The minimum atomic E-state index is 0. The van der Waals surface area contributed by atoms with E-state index in [2.05, 4.69) is 35.3 Å². The molecule has 0 spiro atoms. The molecule has 2 rings (SSSR count). The van der Waals surface area contributed by atoms with Crippen molar-refractivity contribution in [2.45, 2.75) is 32.9 Å². The zero-order valence-corrected chi connectivity index (χ0v) is 15.8. The quantitative estimate of drug-likeness (QED) is 0.717. The van der Waals surface area contributed by atoms with Crippen molar-refractivity contribution >= 4 is 24.8 Å². The molecule has 0 radical (unpaired) electrons. The van der Waals surface area contributed by atoms with Crippen molar-refractivity contribution in [2.75, 3.05) is 40.0 Å². The molecule has 1 aliphatic rings. The monoisotopic (exact) mass is 364 g/mol. The van der Waals surface area contributed by atoms with Crippen LogP contribution in [0.4, 0.5) is 0 Å². The molecule has 0 aromatic heterocycles. The Labute approximate surface area is 152 Å². The second-order valence-corrected chi connectivity index (χ2v) is 5.57. The Morgan fingerprint density at radius 3 is 2.61 bits per heavy atom. The number of ether oxygens (including phenoxy) is 2. The van der Waals surface area contributed by atoms with Gasteiger partial charge in [-0.05, 0) is 30.7 Å². The number of methoxy groups -OCH3 is 1. The second kappa shape index (κ2) is 12.8. The highest BCUT2D eigenvalue weighted by Crippen LogP contribution is 2.22. The van der Waals surface area contributed by atoms with E-state index in [1.807, 2.05) is 0 Å². The summed E-state index contributed by atoms with van der Waals surface area (Å²) in [6.07, 6.45) is 2.47. The van der Waals surface area contributed by atoms with E-state index in [1.54, 1.807) is 7.11 Å². The highest BCUT2D eigenvalue weighted by atomic mass is 35.5. The zero-order valence-electron chi connectivity index (χ0n) is 14.2. The Balaban J connectivity index is 0.00000242. The average molecular weight is 365 g/mol. The van der Waals surface area contributed by atoms with E-state index in [-0.39, 0.29) is 24.8 Å². The van der Waals surface area contributed by atoms with Crippen LogP contribution in [-0.2, 0) is 17.8 Å². The van der Waals surface area contributed by atoms with Crippen LogP contribution in [0.5, 0.6) is 5.75 Å². The standard InChI is InChI=1S/C17H28N2O2.2ClH/c1-3-4-7-18-13-15-5-6-17(20-2)16(12-15)14-19-8-10-21-11-9-19;;/h5-6,12,18H,3-4,7-11,13-14H2,1-2H3;2*1H. The molecule has 1 fully saturated rings. The molecule has 1 aromatic carbocycles. The van der Waals surface area contributed by atoms with Gasteiger partial charge in [0.15, 0.2) is 0 Å². The van der Waals surface area contributed by atoms with E-state index in [4.69, 9.17) is 9.47 Å². The van der Waals surface area contributed by atoms with Gasteiger partial charge in [0.1, 0.15) is 5.75 Å². The third-order valence-corrected chi connectivity index (χ3v) is 3.88. The van der Waals surface area contributed by atoms with Crippen LogP contribution in [0.1, 0.15) is 30.9 Å². The summed E-state index contributed by atoms with van der Waals surface area (Å²) in [6, 6.07) is 6.51. The molecule has 0 atom stereocenters. The van der Waals surface area contributed by atoms with Gasteiger partial charge in [0.05, 0.1) is 20.3 Å². The van der Waals surface area contributed by atoms with E-state index in [9.17, 15) is 0 Å². The number of nitrogens with zero attached hydrogens (tertiary/aromatic N) is 1. The van der Waals surface area contributed by atoms with Crippen molar-refractivity contribution in [3.8, 4) is 5.75 Å². The van der Waals surface area contributed by atoms with Gasteiger partial charge in [0.25, 0.3) is 0 Å². The van der Waals surface area contributed by atoms with Gasteiger partial charge in [-0.15, -0.1) is 24.8 Å². The summed E-state index contributed by atoms with van der Waals surface area (Å²) in [5.41, 5.74) is 2.60. The van der Waals surface area contributed by atoms with Crippen molar-refractivity contribution in [3.05, 3.63) is 29.3 Å². The summed E-state index contributed by atoms with van der Waals surface area (Å²) >= 11 is 0. The molecule has 6 heteroatoms. The molecule has 0 saturated carbocycles. The predicted octanol–water partition coefficient (Wildman–Crippen LogP) is 3.26. The first-order valence-electron chi connectivity index (χ1n) is 8.00. The number of hydrogen-bond acceptors (Lipinski definition) is 4. The van der Waals surface area contributed by atoms with Crippen LogP contribution in [-0.4, -0.2) is 44.9 Å². The van der Waals surface area contributed by atoms with Gasteiger partial charge in [-0.2, -0.15) is 0 Å². The predicted molar refractivity (Wildman–Crippen MR) is 100 cm³/mol. The van der Waals surface area contributed by atoms with Crippen molar-refractivity contribution < 1.29 is 9.47 Å². The number of nitrogens with one attached hydrogen (secondary N) is 1. The molecule has 4 nitrogen and oxygen atoms in total. The molecule has 23 heavy (non-hydrogen) atoms. The largest absolute Gasteiger partial charge is 0.496 e. The minimum Gasteiger partial charge on any atom is -0.496 e. The Hall–Kier alpha value is -0.520. The molecule has 1 aromatic rings. The highest BCUT2D eigenvalue weighted by molar-refractivity contribution is 5.85. The third-order valence-electron chi connectivity index (χ3n) is 3.88. The molecule has 134 valence electrons. The van der Waals surface area contributed by atoms with E-state index in [0.717, 1.165) is 51.7 Å². The van der Waals surface area contributed by atoms with Crippen LogP contribution < -0.4 is 10.1 Å². The van der Waals surface area contributed by atoms with Crippen molar-refractivity contribution in [1.29, 1.82) is 0 Å². The first-order valence-corrected chi connectivity index (χ1v) is 8.00. The third kappa shape index (κ3) is 7.73. The topological polar surface area (TPSA) is 33.7 Å². The highest BCUT2D eigenvalue weighted by Gasteiger charge is 2.13. The molecule has 0 bridgehead atoms. The van der Waals surface area contributed by atoms with Crippen LogP contribution in [0, 0.1) is 0 Å².